The molecule has 0 saturated carbocycles. The van der Waals surface area contributed by atoms with Crippen LogP contribution in [0.2, 0.25) is 0 Å². The van der Waals surface area contributed by atoms with Crippen molar-refractivity contribution in [2.75, 3.05) is 26.2 Å². The van der Waals surface area contributed by atoms with Gasteiger partial charge in [0.05, 0.1) is 44.9 Å². The van der Waals surface area contributed by atoms with Crippen LogP contribution in [0.15, 0.2) is 30.3 Å². The van der Waals surface area contributed by atoms with E-state index in [1.54, 1.807) is 58.0 Å². The summed E-state index contributed by atoms with van der Waals surface area (Å²) in [6, 6.07) is -13.7. The summed E-state index contributed by atoms with van der Waals surface area (Å²) in [6.45, 7) is 10.1. The van der Waals surface area contributed by atoms with Crippen LogP contribution in [0.1, 0.15) is 138 Å². The fourth-order valence-corrected chi connectivity index (χ4v) is 10.1. The number of carbonyl (C=O) groups excluding carboxylic acids is 15. The minimum Gasteiger partial charge on any atom is -0.481 e. The Morgan fingerprint density at radius 1 is 0.430 bits per heavy atom. The van der Waals surface area contributed by atoms with Gasteiger partial charge in [0, 0.05) is 6.42 Å². The minimum atomic E-state index is -2.08. The van der Waals surface area contributed by atoms with Gasteiger partial charge in [0.2, 0.25) is 88.6 Å². The lowest BCUT2D eigenvalue weighted by Crippen LogP contribution is -2.61. The molecule has 1 aromatic rings. The molecule has 0 fully saturated rings. The molecule has 0 aliphatic carbocycles. The van der Waals surface area contributed by atoms with E-state index in [4.69, 9.17) is 28.7 Å². The molecule has 0 bridgehead atoms. The van der Waals surface area contributed by atoms with Crippen LogP contribution in [0.4, 0.5) is 0 Å². The molecular weight excluding hydrogens is 1410 g/mol. The molecule has 0 radical (unpaired) electrons. The maximum atomic E-state index is 14.3. The van der Waals surface area contributed by atoms with Gasteiger partial charge in [-0.05, 0) is 95.2 Å². The van der Waals surface area contributed by atoms with Crippen molar-refractivity contribution in [3.63, 3.8) is 0 Å². The normalized spacial score (nSPS) is 15.3. The number of aliphatic carboxylic acids is 3. The van der Waals surface area contributed by atoms with E-state index in [0.717, 1.165) is 6.92 Å². The lowest BCUT2D eigenvalue weighted by Gasteiger charge is -2.29. The zero-order valence-corrected chi connectivity index (χ0v) is 61.2. The van der Waals surface area contributed by atoms with E-state index < -0.39 is 248 Å². The van der Waals surface area contributed by atoms with Crippen LogP contribution in [0.3, 0.4) is 0 Å². The van der Waals surface area contributed by atoms with Gasteiger partial charge in [0.15, 0.2) is 0 Å². The Bertz CT molecular complexity index is 3240. The van der Waals surface area contributed by atoms with Crippen molar-refractivity contribution in [2.45, 2.75) is 224 Å². The number of amides is 15. The Kier molecular flexibility index (Phi) is 42.9. The van der Waals surface area contributed by atoms with E-state index in [0.29, 0.717) is 18.4 Å². The third-order valence-corrected chi connectivity index (χ3v) is 16.4. The smallest absolute Gasteiger partial charge is 0.326 e. The lowest BCUT2D eigenvalue weighted by molar-refractivity contribution is -0.143. The number of nitrogens with one attached hydrogen (secondary N) is 13. The highest BCUT2D eigenvalue weighted by Gasteiger charge is 2.39. The van der Waals surface area contributed by atoms with Crippen molar-refractivity contribution in [3.8, 4) is 0 Å². The number of benzene rings is 1. The van der Waals surface area contributed by atoms with Crippen LogP contribution in [-0.2, 0) is 92.7 Å². The SMILES string of the molecule is CC[C@H](C)[C@H](NC(=O)[C@H](CC(N)=O)NC(=O)[C@H](CC(=O)O)NC(=O)[C@H](CC(C)C)NC(=O)[C@H](CC(N)=O)NC(=O)[C@H](CCCCN)NC(=O)[C@@H](NC(=O)[C@H](C)NC(=O)[C@H](CC(=O)O)NC(=O)CNC(=O)[C@H](Cc1ccccc1)NC(=O)[C@H](CO)NC(=O)[C@@H](N)[C@@H](C)O)C(C)C)C(=O)N[C@@H](CCCCN)C(=O)O. The van der Waals surface area contributed by atoms with E-state index in [9.17, 15) is 112 Å². The maximum absolute atomic E-state index is 14.3. The molecule has 0 aromatic heterocycles. The highest BCUT2D eigenvalue weighted by molar-refractivity contribution is 6.02. The van der Waals surface area contributed by atoms with Gasteiger partial charge in [-0.25, -0.2) is 4.79 Å². The van der Waals surface area contributed by atoms with Gasteiger partial charge in [-0.3, -0.25) is 81.5 Å². The second kappa shape index (κ2) is 48.6. The largest absolute Gasteiger partial charge is 0.481 e. The van der Waals surface area contributed by atoms with Crippen molar-refractivity contribution in [2.24, 2.45) is 46.4 Å². The van der Waals surface area contributed by atoms with Crippen molar-refractivity contribution in [3.05, 3.63) is 35.9 Å². The molecule has 41 heteroatoms. The molecule has 0 aliphatic heterocycles. The van der Waals surface area contributed by atoms with Crippen LogP contribution in [0.25, 0.3) is 0 Å². The number of nitrogens with two attached hydrogens (primary N) is 5. The van der Waals surface area contributed by atoms with Crippen molar-refractivity contribution in [1.82, 2.24) is 69.1 Å². The molecule has 0 saturated heterocycles. The van der Waals surface area contributed by atoms with Crippen LogP contribution in [0, 0.1) is 17.8 Å². The minimum absolute atomic E-state index is 0.0170. The third kappa shape index (κ3) is 35.9. The Hall–Kier alpha value is -10.5. The summed E-state index contributed by atoms with van der Waals surface area (Å²) in [5, 5.41) is 78.9. The Labute approximate surface area is 617 Å². The van der Waals surface area contributed by atoms with Crippen LogP contribution < -0.4 is 97.8 Å². The summed E-state index contributed by atoms with van der Waals surface area (Å²) in [7, 11) is 0. The first-order chi connectivity index (χ1) is 50.1. The lowest BCUT2D eigenvalue weighted by atomic mass is 9.96. The quantitative estimate of drug-likeness (QED) is 0.0269. The van der Waals surface area contributed by atoms with Crippen molar-refractivity contribution in [1.29, 1.82) is 0 Å². The summed E-state index contributed by atoms with van der Waals surface area (Å²) in [4.78, 5) is 239. The van der Waals surface area contributed by atoms with E-state index in [2.05, 4.69) is 69.1 Å². The number of rotatable bonds is 52. The fourth-order valence-electron chi connectivity index (χ4n) is 10.1. The summed E-state index contributed by atoms with van der Waals surface area (Å²) in [5.41, 5.74) is 28.3. The van der Waals surface area contributed by atoms with Crippen molar-refractivity contribution < 1.29 is 112 Å². The Morgan fingerprint density at radius 3 is 1.29 bits per heavy atom. The fraction of sp³-hybridized carbons (Fsp3) is 0.636. The Balaban J connectivity index is 3.45. The molecular formula is C66H108N18O23. The highest BCUT2D eigenvalue weighted by Crippen LogP contribution is 2.15. The van der Waals surface area contributed by atoms with Gasteiger partial charge in [0.1, 0.15) is 78.5 Å². The first-order valence-electron chi connectivity index (χ1n) is 34.7. The monoisotopic (exact) mass is 1520 g/mol. The number of unbranched alkanes of at least 4 members (excludes halogenated alkanes) is 2. The third-order valence-electron chi connectivity index (χ3n) is 16.4. The average molecular weight is 1520 g/mol. The molecule has 1 rings (SSSR count). The summed E-state index contributed by atoms with van der Waals surface area (Å²) in [5.74, 6) is -23.7. The van der Waals surface area contributed by atoms with Crippen LogP contribution >= 0.6 is 0 Å². The van der Waals surface area contributed by atoms with Gasteiger partial charge >= 0.3 is 17.9 Å². The predicted octanol–water partition coefficient (Wildman–Crippen LogP) is -8.33. The summed E-state index contributed by atoms with van der Waals surface area (Å²) >= 11 is 0. The van der Waals surface area contributed by atoms with Gasteiger partial charge in [-0.15, -0.1) is 0 Å². The topological polar surface area (TPSA) is 695 Å². The maximum Gasteiger partial charge on any atom is 0.326 e. The average Bonchev–Trinajstić information content (AvgIpc) is 0.854. The molecule has 0 unspecified atom stereocenters. The zero-order chi connectivity index (χ0) is 81.5. The predicted molar refractivity (Wildman–Crippen MR) is 378 cm³/mol. The van der Waals surface area contributed by atoms with Crippen LogP contribution in [0.5, 0.6) is 0 Å². The van der Waals surface area contributed by atoms with Crippen LogP contribution in [-0.4, -0.2) is 243 Å². The molecule has 15 atom stereocenters. The van der Waals surface area contributed by atoms with Gasteiger partial charge in [-0.2, -0.15) is 0 Å². The highest BCUT2D eigenvalue weighted by atomic mass is 16.4. The van der Waals surface area contributed by atoms with Gasteiger partial charge in [-0.1, -0.05) is 78.3 Å². The number of carboxylic acid groups (broad SMARTS) is 3. The number of primary amides is 2. The van der Waals surface area contributed by atoms with E-state index in [1.807, 2.05) is 0 Å². The first-order valence-corrected chi connectivity index (χ1v) is 34.7. The summed E-state index contributed by atoms with van der Waals surface area (Å²) in [6.07, 6.45) is -4.77. The van der Waals surface area contributed by atoms with E-state index in [1.165, 1.54) is 20.8 Å². The van der Waals surface area contributed by atoms with E-state index in [-0.39, 0.29) is 58.0 Å². The number of carbonyl (C=O) groups is 18. The van der Waals surface area contributed by atoms with Gasteiger partial charge < -0.3 is 123 Å². The molecule has 1 aromatic carbocycles. The number of aliphatic hydroxyl groups is 2. The number of aliphatic hydroxyl groups excluding tert-OH is 2. The number of hydrogen-bond acceptors (Lipinski definition) is 23. The molecule has 0 aliphatic rings. The zero-order valence-electron chi connectivity index (χ0n) is 61.2. The molecule has 0 heterocycles. The number of hydrogen-bond donors (Lipinski definition) is 23. The molecule has 0 spiro atoms. The van der Waals surface area contributed by atoms with Crippen molar-refractivity contribution >= 4 is 107 Å². The molecule has 41 nitrogen and oxygen atoms in total. The standard InChI is InChI=1S/C66H108N18O23/c1-9-33(6)53(65(105)76-38(66(106)107)20-14-16-22-68)84-61(101)42(26-47(70)88)80-60(100)44(28-50(92)93)81-58(98)39(23-31(2)3)77-59(99)41(25-46(69)87)79-56(96)37(19-13-15-21-67)75-64(104)52(32(4)5)83-54(94)34(7)73-57(97)43(27-49(90)91)74-48(89)29-72-55(95)40(24-36-17-11-10-12-18-36)78-62(102)45(30-85)82-63(103)51(71)35(8)86/h10-12,17-18,31-35,37-45,51-53,85-86H,9,13-16,19-30,67-68,71H2,1-8H3,(H2,69,87)(H2,70,88)(H,72,95)(H,73,97)(H,74,89)(H,75,104)(H,76,105)(H,77,99)(H,78,102)(H,79,96)(H,80,100)(H,81,98)(H,82,103)(H,83,94)(H,84,101)(H,90,91)(H,92,93)(H,106,107)/t33-,34-,35+,37-,38-,39-,40-,41-,42-,43-,44-,45-,51-,52-,53-/m0/s1. The number of carboxylic acids is 3. The van der Waals surface area contributed by atoms with E-state index >= 15 is 0 Å². The second-order valence-corrected chi connectivity index (χ2v) is 26.4. The first kappa shape index (κ1) is 94.5. The molecule has 15 amide bonds. The Morgan fingerprint density at radius 2 is 0.832 bits per heavy atom. The second-order valence-electron chi connectivity index (χ2n) is 26.4. The molecule has 107 heavy (non-hydrogen) atoms. The summed E-state index contributed by atoms with van der Waals surface area (Å²) < 4.78 is 0. The molecule has 28 N–H and O–H groups in total. The molecule has 600 valence electrons. The van der Waals surface area contributed by atoms with Gasteiger partial charge in [0.25, 0.3) is 0 Å².